The van der Waals surface area contributed by atoms with Gasteiger partial charge in [-0.05, 0) is 37.6 Å². The zero-order chi connectivity index (χ0) is 16.4. The van der Waals surface area contributed by atoms with Gasteiger partial charge in [0.2, 0.25) is 5.91 Å². The number of piperidine rings is 1. The molecule has 2 fully saturated rings. The molecule has 0 N–H and O–H groups in total. The minimum absolute atomic E-state index is 0.135. The van der Waals surface area contributed by atoms with Crippen LogP contribution in [0.1, 0.15) is 25.3 Å². The summed E-state index contributed by atoms with van der Waals surface area (Å²) in [6.45, 7) is 7.18. The summed E-state index contributed by atoms with van der Waals surface area (Å²) in [4.78, 5) is 18.4. The Labute approximate surface area is 137 Å². The van der Waals surface area contributed by atoms with Gasteiger partial charge in [-0.3, -0.25) is 9.69 Å². The second kappa shape index (κ2) is 6.57. The topological polar surface area (TPSA) is 26.8 Å². The Bertz CT molecular complexity index is 561. The van der Waals surface area contributed by atoms with Crippen LogP contribution in [0.3, 0.4) is 0 Å². The van der Waals surface area contributed by atoms with Crippen molar-refractivity contribution >= 4 is 5.91 Å². The minimum Gasteiger partial charge on any atom is -0.343 e. The number of rotatable bonds is 2. The van der Waals surface area contributed by atoms with Crippen molar-refractivity contribution in [1.82, 2.24) is 14.7 Å². The molecule has 126 valence electrons. The molecule has 0 saturated carbocycles. The quantitative estimate of drug-likeness (QED) is 0.833. The number of nitrogens with zero attached hydrogens (tertiary/aromatic N) is 3. The number of likely N-dealkylation sites (tertiary alicyclic amines) is 1. The Hall–Kier alpha value is -1.46. The third-order valence-electron chi connectivity index (χ3n) is 5.51. The van der Waals surface area contributed by atoms with Crippen LogP contribution in [0.25, 0.3) is 0 Å². The van der Waals surface area contributed by atoms with Crippen molar-refractivity contribution in [3.8, 4) is 0 Å². The van der Waals surface area contributed by atoms with Gasteiger partial charge in [0.25, 0.3) is 0 Å². The standard InChI is InChI=1S/C18H26FN3O/c1-15(23)21-8-6-18(7-9-21,16-4-3-5-17(19)14-16)22-12-10-20(2)11-13-22/h3-5,14H,6-13H2,1-2H3. The highest BCUT2D eigenvalue weighted by Crippen LogP contribution is 2.39. The van der Waals surface area contributed by atoms with Gasteiger partial charge in [-0.2, -0.15) is 0 Å². The number of carbonyl (C=O) groups excluding carboxylic acids is 1. The van der Waals surface area contributed by atoms with Crippen LogP contribution in [-0.2, 0) is 10.3 Å². The van der Waals surface area contributed by atoms with E-state index >= 15 is 0 Å². The molecule has 2 saturated heterocycles. The molecule has 1 aromatic carbocycles. The van der Waals surface area contributed by atoms with E-state index in [0.717, 1.165) is 57.7 Å². The Kier molecular flexibility index (Phi) is 4.69. The van der Waals surface area contributed by atoms with Gasteiger partial charge in [0, 0.05) is 51.7 Å². The predicted octanol–water partition coefficient (Wildman–Crippen LogP) is 1.91. The van der Waals surface area contributed by atoms with Gasteiger partial charge in [-0.25, -0.2) is 4.39 Å². The number of amides is 1. The zero-order valence-electron chi connectivity index (χ0n) is 14.1. The maximum absolute atomic E-state index is 13.8. The summed E-state index contributed by atoms with van der Waals surface area (Å²) in [6, 6.07) is 7.04. The molecule has 2 aliphatic rings. The highest BCUT2D eigenvalue weighted by atomic mass is 19.1. The fourth-order valence-electron chi connectivity index (χ4n) is 3.99. The average molecular weight is 319 g/mol. The number of carbonyl (C=O) groups is 1. The van der Waals surface area contributed by atoms with Gasteiger partial charge in [0.15, 0.2) is 0 Å². The number of likely N-dealkylation sites (N-methyl/N-ethyl adjacent to an activating group) is 1. The summed E-state index contributed by atoms with van der Waals surface area (Å²) in [5.74, 6) is -0.0405. The van der Waals surface area contributed by atoms with Crippen LogP contribution in [0.2, 0.25) is 0 Å². The van der Waals surface area contributed by atoms with E-state index in [9.17, 15) is 9.18 Å². The van der Waals surface area contributed by atoms with Crippen LogP contribution in [0.4, 0.5) is 4.39 Å². The van der Waals surface area contributed by atoms with E-state index in [1.165, 1.54) is 6.07 Å². The van der Waals surface area contributed by atoms with Gasteiger partial charge in [-0.1, -0.05) is 12.1 Å². The molecule has 5 heteroatoms. The highest BCUT2D eigenvalue weighted by molar-refractivity contribution is 5.73. The van der Waals surface area contributed by atoms with E-state index in [0.29, 0.717) is 0 Å². The summed E-state index contributed by atoms with van der Waals surface area (Å²) in [7, 11) is 2.14. The molecule has 0 atom stereocenters. The van der Waals surface area contributed by atoms with Gasteiger partial charge < -0.3 is 9.80 Å². The molecule has 0 unspecified atom stereocenters. The van der Waals surface area contributed by atoms with Gasteiger partial charge in [0.1, 0.15) is 5.82 Å². The number of hydrogen-bond donors (Lipinski definition) is 0. The lowest BCUT2D eigenvalue weighted by atomic mass is 9.78. The normalized spacial score (nSPS) is 23.0. The van der Waals surface area contributed by atoms with E-state index in [1.54, 1.807) is 19.1 Å². The van der Waals surface area contributed by atoms with Crippen LogP contribution in [0.5, 0.6) is 0 Å². The first-order valence-corrected chi connectivity index (χ1v) is 8.46. The lowest BCUT2D eigenvalue weighted by Crippen LogP contribution is -2.58. The van der Waals surface area contributed by atoms with Crippen molar-refractivity contribution in [3.63, 3.8) is 0 Å². The Morgan fingerprint density at radius 1 is 1.09 bits per heavy atom. The van der Waals surface area contributed by atoms with Crippen LogP contribution >= 0.6 is 0 Å². The molecule has 2 heterocycles. The number of hydrogen-bond acceptors (Lipinski definition) is 3. The van der Waals surface area contributed by atoms with Gasteiger partial charge >= 0.3 is 0 Å². The molecule has 4 nitrogen and oxygen atoms in total. The zero-order valence-corrected chi connectivity index (χ0v) is 14.1. The number of halogens is 1. The fourth-order valence-corrected chi connectivity index (χ4v) is 3.99. The van der Waals surface area contributed by atoms with Gasteiger partial charge in [-0.15, -0.1) is 0 Å². The molecule has 0 spiro atoms. The number of piperazine rings is 1. The molecule has 23 heavy (non-hydrogen) atoms. The van der Waals surface area contributed by atoms with Crippen molar-refractivity contribution < 1.29 is 9.18 Å². The molecule has 1 aromatic rings. The molecule has 0 bridgehead atoms. The Morgan fingerprint density at radius 3 is 2.30 bits per heavy atom. The molecular weight excluding hydrogens is 293 g/mol. The third kappa shape index (κ3) is 3.26. The van der Waals surface area contributed by atoms with Crippen molar-refractivity contribution in [2.24, 2.45) is 0 Å². The second-order valence-electron chi connectivity index (χ2n) is 6.84. The summed E-state index contributed by atoms with van der Waals surface area (Å²) in [5, 5.41) is 0. The predicted molar refractivity (Wildman–Crippen MR) is 88.6 cm³/mol. The lowest BCUT2D eigenvalue weighted by Gasteiger charge is -2.51. The summed E-state index contributed by atoms with van der Waals surface area (Å²) in [5.41, 5.74) is 0.917. The van der Waals surface area contributed by atoms with Crippen molar-refractivity contribution in [2.45, 2.75) is 25.3 Å². The largest absolute Gasteiger partial charge is 0.343 e. The van der Waals surface area contributed by atoms with Crippen LogP contribution < -0.4 is 0 Å². The molecule has 2 aliphatic heterocycles. The highest BCUT2D eigenvalue weighted by Gasteiger charge is 2.42. The SMILES string of the molecule is CC(=O)N1CCC(c2cccc(F)c2)(N2CCN(C)CC2)CC1. The smallest absolute Gasteiger partial charge is 0.219 e. The molecule has 0 aromatic heterocycles. The van der Waals surface area contributed by atoms with E-state index in [2.05, 4.69) is 16.8 Å². The van der Waals surface area contributed by atoms with E-state index in [1.807, 2.05) is 11.0 Å². The minimum atomic E-state index is -0.176. The van der Waals surface area contributed by atoms with Crippen molar-refractivity contribution in [2.75, 3.05) is 46.3 Å². The Balaban J connectivity index is 1.89. The first-order valence-electron chi connectivity index (χ1n) is 8.46. The van der Waals surface area contributed by atoms with Gasteiger partial charge in [0.05, 0.1) is 0 Å². The maximum atomic E-state index is 13.8. The number of benzene rings is 1. The second-order valence-corrected chi connectivity index (χ2v) is 6.84. The molecule has 0 radical (unpaired) electrons. The summed E-state index contributed by atoms with van der Waals surface area (Å²) >= 11 is 0. The summed E-state index contributed by atoms with van der Waals surface area (Å²) in [6.07, 6.45) is 1.75. The maximum Gasteiger partial charge on any atom is 0.219 e. The first kappa shape index (κ1) is 16.4. The Morgan fingerprint density at radius 2 is 1.74 bits per heavy atom. The molecule has 0 aliphatic carbocycles. The van der Waals surface area contributed by atoms with Crippen molar-refractivity contribution in [1.29, 1.82) is 0 Å². The summed E-state index contributed by atoms with van der Waals surface area (Å²) < 4.78 is 13.8. The molecule has 1 amide bonds. The van der Waals surface area contributed by atoms with E-state index < -0.39 is 0 Å². The first-order chi connectivity index (χ1) is 11.0. The molecule has 3 rings (SSSR count). The van der Waals surface area contributed by atoms with Crippen molar-refractivity contribution in [3.05, 3.63) is 35.6 Å². The third-order valence-corrected chi connectivity index (χ3v) is 5.51. The lowest BCUT2D eigenvalue weighted by molar-refractivity contribution is -0.132. The van der Waals surface area contributed by atoms with E-state index in [-0.39, 0.29) is 17.3 Å². The van der Waals surface area contributed by atoms with E-state index in [4.69, 9.17) is 0 Å². The molecular formula is C18H26FN3O. The fraction of sp³-hybridized carbons (Fsp3) is 0.611. The van der Waals surface area contributed by atoms with Crippen LogP contribution in [-0.4, -0.2) is 66.9 Å². The van der Waals surface area contributed by atoms with Crippen LogP contribution in [0, 0.1) is 5.82 Å². The van der Waals surface area contributed by atoms with Crippen LogP contribution in [0.15, 0.2) is 24.3 Å². The average Bonchev–Trinajstić information content (AvgIpc) is 2.55. The monoisotopic (exact) mass is 319 g/mol.